The van der Waals surface area contributed by atoms with Crippen LogP contribution < -0.4 is 10.5 Å². The number of aryl methyl sites for hydroxylation is 1. The molecule has 4 rings (SSSR count). The Morgan fingerprint density at radius 3 is 1.91 bits per heavy atom. The molecule has 0 spiro atoms. The fourth-order valence-corrected chi connectivity index (χ4v) is 5.20. The molecule has 0 saturated carbocycles. The van der Waals surface area contributed by atoms with Crippen molar-refractivity contribution in [1.82, 2.24) is 0 Å². The molecule has 32 heavy (non-hydrogen) atoms. The van der Waals surface area contributed by atoms with Crippen molar-refractivity contribution in [2.45, 2.75) is 16.7 Å². The maximum absolute atomic E-state index is 13.2. The Labute approximate surface area is 183 Å². The summed E-state index contributed by atoms with van der Waals surface area (Å²) in [6, 6.07) is 12.1. The second-order valence-electron chi connectivity index (χ2n) is 7.16. The summed E-state index contributed by atoms with van der Waals surface area (Å²) in [6.45, 7) is 1.76. The summed E-state index contributed by atoms with van der Waals surface area (Å²) in [5.74, 6) is -1.53. The van der Waals surface area contributed by atoms with E-state index < -0.39 is 59.1 Å². The summed E-state index contributed by atoms with van der Waals surface area (Å²) in [6.07, 6.45) is 0. The van der Waals surface area contributed by atoms with Crippen molar-refractivity contribution < 1.29 is 31.0 Å². The number of carbonyl (C=O) groups is 2. The minimum absolute atomic E-state index is 0.00193. The van der Waals surface area contributed by atoms with Crippen LogP contribution in [0.25, 0.3) is 0 Å². The Balaban J connectivity index is 2.00. The van der Waals surface area contributed by atoms with E-state index in [0.717, 1.165) is 5.56 Å². The van der Waals surface area contributed by atoms with Crippen molar-refractivity contribution in [3.63, 3.8) is 0 Å². The molecular weight excluding hydrogens is 456 g/mol. The third-order valence-electron chi connectivity index (χ3n) is 5.04. The Kier molecular flexibility index (Phi) is 4.92. The molecule has 3 aromatic rings. The Morgan fingerprint density at radius 1 is 0.844 bits per heavy atom. The molecule has 11 heteroatoms. The maximum atomic E-state index is 13.2. The van der Waals surface area contributed by atoms with Gasteiger partial charge in [-0.1, -0.05) is 42.0 Å². The Morgan fingerprint density at radius 2 is 1.38 bits per heavy atom. The fourth-order valence-electron chi connectivity index (χ4n) is 3.50. The molecule has 0 aliphatic heterocycles. The van der Waals surface area contributed by atoms with E-state index in [1.165, 1.54) is 36.4 Å². The van der Waals surface area contributed by atoms with Crippen molar-refractivity contribution >= 4 is 43.1 Å². The standard InChI is InChI=1S/C21H16N2O7S2/c1-11-6-8-12(9-7-11)31(26,27)23-15-10-16(32(28,29)30)19(22)18-17(15)20(24)13-4-2-3-5-14(13)21(18)25/h2-10,23H,22H2,1H3,(H,28,29,30)/p-1. The summed E-state index contributed by atoms with van der Waals surface area (Å²) < 4.78 is 63.3. The zero-order chi connectivity index (χ0) is 23.4. The number of nitrogens with one attached hydrogen (secondary N) is 1. The molecule has 0 bridgehead atoms. The van der Waals surface area contributed by atoms with Gasteiger partial charge in [0.15, 0.2) is 11.6 Å². The van der Waals surface area contributed by atoms with Gasteiger partial charge in [0.2, 0.25) is 0 Å². The number of benzene rings is 3. The van der Waals surface area contributed by atoms with Crippen LogP contribution in [0, 0.1) is 6.92 Å². The van der Waals surface area contributed by atoms with Gasteiger partial charge in [-0.2, -0.15) is 0 Å². The molecule has 1 aliphatic rings. The van der Waals surface area contributed by atoms with Crippen molar-refractivity contribution in [3.8, 4) is 0 Å². The van der Waals surface area contributed by atoms with Gasteiger partial charge in [0.25, 0.3) is 10.0 Å². The summed E-state index contributed by atoms with van der Waals surface area (Å²) in [7, 11) is -9.52. The first-order valence-electron chi connectivity index (χ1n) is 9.12. The Hall–Kier alpha value is -3.54. The number of nitrogen functional groups attached to an aromatic ring is 1. The van der Waals surface area contributed by atoms with Crippen molar-refractivity contribution in [1.29, 1.82) is 0 Å². The van der Waals surface area contributed by atoms with E-state index in [0.29, 0.717) is 6.07 Å². The van der Waals surface area contributed by atoms with Gasteiger partial charge in [0.1, 0.15) is 10.1 Å². The zero-order valence-corrected chi connectivity index (χ0v) is 18.1. The fraction of sp³-hybridized carbons (Fsp3) is 0.0476. The van der Waals surface area contributed by atoms with Crippen LogP contribution in [0.3, 0.4) is 0 Å². The topological polar surface area (TPSA) is 164 Å². The first-order valence-corrected chi connectivity index (χ1v) is 12.0. The molecule has 0 radical (unpaired) electrons. The average molecular weight is 471 g/mol. The molecule has 3 aromatic carbocycles. The number of sulfonamides is 1. The molecule has 0 heterocycles. The van der Waals surface area contributed by atoms with Crippen LogP contribution in [0.4, 0.5) is 11.4 Å². The third-order valence-corrected chi connectivity index (χ3v) is 7.30. The quantitative estimate of drug-likeness (QED) is 0.337. The minimum atomic E-state index is -5.21. The monoisotopic (exact) mass is 471 g/mol. The van der Waals surface area contributed by atoms with E-state index in [4.69, 9.17) is 5.73 Å². The lowest BCUT2D eigenvalue weighted by molar-refractivity contribution is 0.0980. The molecule has 0 aromatic heterocycles. The van der Waals surface area contributed by atoms with Crippen molar-refractivity contribution in [2.75, 3.05) is 10.5 Å². The van der Waals surface area contributed by atoms with Crippen LogP contribution in [0.2, 0.25) is 0 Å². The molecule has 9 nitrogen and oxygen atoms in total. The zero-order valence-electron chi connectivity index (χ0n) is 16.4. The predicted molar refractivity (Wildman–Crippen MR) is 114 cm³/mol. The maximum Gasteiger partial charge on any atom is 0.261 e. The SMILES string of the molecule is Cc1ccc(S(=O)(=O)Nc2cc(S(=O)(=O)[O-])c(N)c3c2C(=O)c2ccccc2C3=O)cc1. The van der Waals surface area contributed by atoms with Gasteiger partial charge < -0.3 is 10.3 Å². The Bertz CT molecular complexity index is 1530. The van der Waals surface area contributed by atoms with Crippen LogP contribution in [-0.4, -0.2) is 33.0 Å². The molecule has 0 unspecified atom stereocenters. The largest absolute Gasteiger partial charge is 0.744 e. The number of anilines is 2. The highest BCUT2D eigenvalue weighted by atomic mass is 32.2. The first kappa shape index (κ1) is 21.7. The summed E-state index contributed by atoms with van der Waals surface area (Å²) in [4.78, 5) is 25.1. The lowest BCUT2D eigenvalue weighted by Crippen LogP contribution is -2.26. The molecule has 0 fully saturated rings. The number of hydrogen-bond acceptors (Lipinski definition) is 8. The van der Waals surface area contributed by atoms with E-state index in [-0.39, 0.29) is 16.0 Å². The molecule has 0 amide bonds. The van der Waals surface area contributed by atoms with Crippen molar-refractivity contribution in [2.24, 2.45) is 0 Å². The number of fused-ring (bicyclic) bond motifs is 2. The van der Waals surface area contributed by atoms with E-state index in [2.05, 4.69) is 4.72 Å². The first-order chi connectivity index (χ1) is 14.9. The highest BCUT2D eigenvalue weighted by Crippen LogP contribution is 2.39. The highest BCUT2D eigenvalue weighted by Gasteiger charge is 2.36. The predicted octanol–water partition coefficient (Wildman–Crippen LogP) is 2.06. The van der Waals surface area contributed by atoms with E-state index in [1.54, 1.807) is 19.1 Å². The molecule has 1 aliphatic carbocycles. The molecule has 0 atom stereocenters. The average Bonchev–Trinajstić information content (AvgIpc) is 2.72. The summed E-state index contributed by atoms with van der Waals surface area (Å²) in [5, 5.41) is 0. The van der Waals surface area contributed by atoms with E-state index in [1.807, 2.05) is 0 Å². The smallest absolute Gasteiger partial charge is 0.261 e. The number of nitrogens with two attached hydrogens (primary N) is 1. The molecular formula is C21H15N2O7S2-. The van der Waals surface area contributed by atoms with Crippen LogP contribution in [-0.2, 0) is 20.1 Å². The van der Waals surface area contributed by atoms with Gasteiger partial charge >= 0.3 is 0 Å². The van der Waals surface area contributed by atoms with Gasteiger partial charge in [-0.05, 0) is 25.1 Å². The van der Waals surface area contributed by atoms with E-state index in [9.17, 15) is 31.0 Å². The van der Waals surface area contributed by atoms with E-state index >= 15 is 0 Å². The van der Waals surface area contributed by atoms with Gasteiger partial charge in [0, 0.05) is 11.1 Å². The minimum Gasteiger partial charge on any atom is -0.744 e. The second-order valence-corrected chi connectivity index (χ2v) is 10.2. The number of rotatable bonds is 4. The summed E-state index contributed by atoms with van der Waals surface area (Å²) in [5.41, 5.74) is 4.39. The number of hydrogen-bond donors (Lipinski definition) is 2. The van der Waals surface area contributed by atoms with Gasteiger partial charge in [-0.25, -0.2) is 16.8 Å². The van der Waals surface area contributed by atoms with Crippen LogP contribution >= 0.6 is 0 Å². The molecule has 0 saturated heterocycles. The normalized spacial score (nSPS) is 13.4. The van der Waals surface area contributed by atoms with Crippen LogP contribution in [0.5, 0.6) is 0 Å². The van der Waals surface area contributed by atoms with Gasteiger partial charge in [-0.3, -0.25) is 14.3 Å². The van der Waals surface area contributed by atoms with Gasteiger partial charge in [0.05, 0.1) is 32.3 Å². The number of ketones is 2. The lowest BCUT2D eigenvalue weighted by Gasteiger charge is -2.24. The lowest BCUT2D eigenvalue weighted by atomic mass is 9.82. The molecule has 3 N–H and O–H groups in total. The second kappa shape index (κ2) is 7.26. The molecule has 164 valence electrons. The van der Waals surface area contributed by atoms with Crippen molar-refractivity contribution in [3.05, 3.63) is 82.4 Å². The third kappa shape index (κ3) is 3.45. The number of carbonyl (C=O) groups excluding carboxylic acids is 2. The van der Waals surface area contributed by atoms with Crippen LogP contribution in [0.15, 0.2) is 64.4 Å². The van der Waals surface area contributed by atoms with Gasteiger partial charge in [-0.15, -0.1) is 0 Å². The summed E-state index contributed by atoms with van der Waals surface area (Å²) >= 11 is 0. The van der Waals surface area contributed by atoms with Crippen LogP contribution in [0.1, 0.15) is 37.4 Å². The highest BCUT2D eigenvalue weighted by molar-refractivity contribution is 7.92.